The van der Waals surface area contributed by atoms with Crippen molar-refractivity contribution in [1.82, 2.24) is 5.32 Å². The molecule has 104 valence electrons. The normalized spacial score (nSPS) is 10.0. The van der Waals surface area contributed by atoms with Crippen molar-refractivity contribution in [1.29, 1.82) is 0 Å². The van der Waals surface area contributed by atoms with Crippen molar-refractivity contribution in [3.8, 4) is 0 Å². The highest BCUT2D eigenvalue weighted by atomic mass is 79.9. The van der Waals surface area contributed by atoms with Gasteiger partial charge >= 0.3 is 5.97 Å². The zero-order chi connectivity index (χ0) is 14.3. The van der Waals surface area contributed by atoms with Gasteiger partial charge in [0.25, 0.3) is 5.91 Å². The number of methoxy groups -OCH3 is 1. The van der Waals surface area contributed by atoms with Crippen LogP contribution in [-0.2, 0) is 14.3 Å². The average molecular weight is 331 g/mol. The van der Waals surface area contributed by atoms with E-state index in [0.29, 0.717) is 23.3 Å². The van der Waals surface area contributed by atoms with Crippen molar-refractivity contribution in [2.75, 3.05) is 32.6 Å². The number of benzene rings is 1. The number of nitrogen functional groups attached to an aromatic ring is 1. The first-order chi connectivity index (χ1) is 9.02. The molecule has 7 heteroatoms. The predicted molar refractivity (Wildman–Crippen MR) is 73.7 cm³/mol. The molecular formula is C12H15BrN2O4. The number of esters is 1. The monoisotopic (exact) mass is 330 g/mol. The van der Waals surface area contributed by atoms with Gasteiger partial charge in [0, 0.05) is 23.8 Å². The zero-order valence-corrected chi connectivity index (χ0v) is 12.0. The van der Waals surface area contributed by atoms with Gasteiger partial charge in [0.15, 0.2) is 6.61 Å². The van der Waals surface area contributed by atoms with Gasteiger partial charge in [-0.25, -0.2) is 4.79 Å². The van der Waals surface area contributed by atoms with Crippen LogP contribution in [0.4, 0.5) is 5.69 Å². The van der Waals surface area contributed by atoms with Gasteiger partial charge in [-0.1, -0.05) is 15.9 Å². The number of nitrogens with two attached hydrogens (primary N) is 1. The Morgan fingerprint density at radius 3 is 2.74 bits per heavy atom. The fourth-order valence-corrected chi connectivity index (χ4v) is 1.80. The number of rotatable bonds is 6. The summed E-state index contributed by atoms with van der Waals surface area (Å²) < 4.78 is 10.3. The van der Waals surface area contributed by atoms with E-state index in [-0.39, 0.29) is 18.1 Å². The predicted octanol–water partition coefficient (Wildman–Crippen LogP) is 0.951. The molecule has 19 heavy (non-hydrogen) atoms. The van der Waals surface area contributed by atoms with E-state index in [4.69, 9.17) is 15.2 Å². The first-order valence-corrected chi connectivity index (χ1v) is 6.31. The Hall–Kier alpha value is -1.60. The molecule has 1 rings (SSSR count). The molecule has 0 aliphatic heterocycles. The van der Waals surface area contributed by atoms with Crippen LogP contribution in [0.5, 0.6) is 0 Å². The van der Waals surface area contributed by atoms with Crippen molar-refractivity contribution in [3.63, 3.8) is 0 Å². The van der Waals surface area contributed by atoms with Gasteiger partial charge < -0.3 is 20.5 Å². The lowest BCUT2D eigenvalue weighted by Gasteiger charge is -2.07. The Balaban J connectivity index is 2.44. The number of carbonyl (C=O) groups is 2. The molecule has 1 aromatic rings. The second-order valence-corrected chi connectivity index (χ2v) is 4.61. The van der Waals surface area contributed by atoms with E-state index in [2.05, 4.69) is 21.2 Å². The maximum Gasteiger partial charge on any atom is 0.338 e. The highest BCUT2D eigenvalue weighted by Gasteiger charge is 2.11. The molecular weight excluding hydrogens is 316 g/mol. The molecule has 0 saturated heterocycles. The van der Waals surface area contributed by atoms with Crippen LogP contribution in [0.2, 0.25) is 0 Å². The summed E-state index contributed by atoms with van der Waals surface area (Å²) >= 11 is 3.22. The Labute approximate surface area is 119 Å². The van der Waals surface area contributed by atoms with Gasteiger partial charge in [-0.2, -0.15) is 0 Å². The summed E-state index contributed by atoms with van der Waals surface area (Å²) in [6, 6.07) is 4.71. The third-order valence-corrected chi connectivity index (χ3v) is 2.58. The van der Waals surface area contributed by atoms with Crippen molar-refractivity contribution in [2.24, 2.45) is 0 Å². The molecule has 1 amide bonds. The van der Waals surface area contributed by atoms with Crippen LogP contribution in [0.3, 0.4) is 0 Å². The van der Waals surface area contributed by atoms with Crippen molar-refractivity contribution in [3.05, 3.63) is 28.2 Å². The minimum atomic E-state index is -0.602. The minimum Gasteiger partial charge on any atom is -0.452 e. The van der Waals surface area contributed by atoms with E-state index in [0.717, 1.165) is 0 Å². The fraction of sp³-hybridized carbons (Fsp3) is 0.333. The molecule has 0 atom stereocenters. The summed E-state index contributed by atoms with van der Waals surface area (Å²) in [6.45, 7) is 0.438. The molecule has 0 saturated carbocycles. The highest BCUT2D eigenvalue weighted by Crippen LogP contribution is 2.17. The molecule has 0 aliphatic rings. The quantitative estimate of drug-likeness (QED) is 0.460. The number of anilines is 1. The van der Waals surface area contributed by atoms with Crippen LogP contribution in [0.15, 0.2) is 22.7 Å². The van der Waals surface area contributed by atoms with E-state index in [1.54, 1.807) is 12.1 Å². The van der Waals surface area contributed by atoms with Crippen LogP contribution in [0.25, 0.3) is 0 Å². The van der Waals surface area contributed by atoms with Gasteiger partial charge in [-0.3, -0.25) is 4.79 Å². The lowest BCUT2D eigenvalue weighted by molar-refractivity contribution is -0.124. The van der Waals surface area contributed by atoms with Crippen molar-refractivity contribution in [2.45, 2.75) is 0 Å². The van der Waals surface area contributed by atoms with Gasteiger partial charge in [-0.05, 0) is 18.2 Å². The Bertz CT molecular complexity index is 445. The number of nitrogens with one attached hydrogen (secondary N) is 1. The Kier molecular flexibility index (Phi) is 6.31. The first kappa shape index (κ1) is 15.5. The Morgan fingerprint density at radius 1 is 1.37 bits per heavy atom. The number of hydrogen-bond acceptors (Lipinski definition) is 5. The molecule has 0 fully saturated rings. The molecule has 0 spiro atoms. The average Bonchev–Trinajstić information content (AvgIpc) is 2.35. The van der Waals surface area contributed by atoms with E-state index in [9.17, 15) is 9.59 Å². The van der Waals surface area contributed by atoms with Crippen molar-refractivity contribution >= 4 is 33.5 Å². The lowest BCUT2D eigenvalue weighted by Crippen LogP contribution is -2.31. The summed E-state index contributed by atoms with van der Waals surface area (Å²) in [5.74, 6) is -0.983. The van der Waals surface area contributed by atoms with Crippen molar-refractivity contribution < 1.29 is 19.1 Å². The van der Waals surface area contributed by atoms with Crippen LogP contribution >= 0.6 is 15.9 Å². The molecule has 1 aromatic carbocycles. The third kappa shape index (κ3) is 5.71. The second kappa shape index (κ2) is 7.75. The minimum absolute atomic E-state index is 0.288. The molecule has 0 heterocycles. The number of ether oxygens (including phenoxy) is 2. The highest BCUT2D eigenvalue weighted by molar-refractivity contribution is 9.10. The van der Waals surface area contributed by atoms with Gasteiger partial charge in [0.05, 0.1) is 12.2 Å². The summed E-state index contributed by atoms with van der Waals surface area (Å²) in [5.41, 5.74) is 6.33. The van der Waals surface area contributed by atoms with Crippen LogP contribution < -0.4 is 11.1 Å². The molecule has 3 N–H and O–H groups in total. The van der Waals surface area contributed by atoms with Crippen LogP contribution in [0, 0.1) is 0 Å². The number of hydrogen-bond donors (Lipinski definition) is 2. The molecule has 0 aliphatic carbocycles. The molecule has 6 nitrogen and oxygen atoms in total. The SMILES string of the molecule is COCCNC(=O)COC(=O)c1cc(N)cc(Br)c1. The topological polar surface area (TPSA) is 90.6 Å². The fourth-order valence-electron chi connectivity index (χ4n) is 1.29. The summed E-state index contributed by atoms with van der Waals surface area (Å²) in [4.78, 5) is 23.0. The van der Waals surface area contributed by atoms with E-state index < -0.39 is 5.97 Å². The van der Waals surface area contributed by atoms with E-state index in [1.165, 1.54) is 13.2 Å². The second-order valence-electron chi connectivity index (χ2n) is 3.69. The Morgan fingerprint density at radius 2 is 2.11 bits per heavy atom. The van der Waals surface area contributed by atoms with Gasteiger partial charge in [-0.15, -0.1) is 0 Å². The van der Waals surface area contributed by atoms with Gasteiger partial charge in [0.1, 0.15) is 0 Å². The lowest BCUT2D eigenvalue weighted by atomic mass is 10.2. The van der Waals surface area contributed by atoms with E-state index in [1.807, 2.05) is 0 Å². The number of amides is 1. The molecule has 0 unspecified atom stereocenters. The maximum atomic E-state index is 11.7. The van der Waals surface area contributed by atoms with Crippen LogP contribution in [0.1, 0.15) is 10.4 Å². The van der Waals surface area contributed by atoms with E-state index >= 15 is 0 Å². The molecule has 0 aromatic heterocycles. The number of halogens is 1. The maximum absolute atomic E-state index is 11.7. The summed E-state index contributed by atoms with van der Waals surface area (Å²) in [6.07, 6.45) is 0. The summed E-state index contributed by atoms with van der Waals surface area (Å²) in [7, 11) is 1.53. The standard InChI is InChI=1S/C12H15BrN2O4/c1-18-3-2-15-11(16)7-19-12(17)8-4-9(13)6-10(14)5-8/h4-6H,2-3,7,14H2,1H3,(H,15,16). The third-order valence-electron chi connectivity index (χ3n) is 2.12. The zero-order valence-electron chi connectivity index (χ0n) is 10.4. The molecule has 0 bridgehead atoms. The number of carbonyl (C=O) groups excluding carboxylic acids is 2. The summed E-state index contributed by atoms with van der Waals surface area (Å²) in [5, 5.41) is 2.54. The largest absolute Gasteiger partial charge is 0.452 e. The molecule has 0 radical (unpaired) electrons. The van der Waals surface area contributed by atoms with Gasteiger partial charge in [0.2, 0.25) is 0 Å². The first-order valence-electron chi connectivity index (χ1n) is 5.51. The van der Waals surface area contributed by atoms with Crippen LogP contribution in [-0.4, -0.2) is 38.7 Å². The smallest absolute Gasteiger partial charge is 0.338 e.